The van der Waals surface area contributed by atoms with E-state index in [9.17, 15) is 14.4 Å². The molecule has 0 fully saturated rings. The van der Waals surface area contributed by atoms with Crippen LogP contribution < -0.4 is 11.1 Å². The van der Waals surface area contributed by atoms with Crippen LogP contribution in [0.4, 0.5) is 0 Å². The largest absolute Gasteiger partial charge is 0.461 e. The van der Waals surface area contributed by atoms with Gasteiger partial charge in [0.1, 0.15) is 19.3 Å². The molecule has 162 valence electrons. The number of esters is 2. The van der Waals surface area contributed by atoms with Gasteiger partial charge in [0, 0.05) is 6.42 Å². The van der Waals surface area contributed by atoms with Crippen LogP contribution in [0.1, 0.15) is 30.4 Å². The molecule has 0 bridgehead atoms. The average molecular weight is 435 g/mol. The monoisotopic (exact) mass is 434 g/mol. The van der Waals surface area contributed by atoms with Crippen molar-refractivity contribution in [3.05, 3.63) is 71.8 Å². The summed E-state index contributed by atoms with van der Waals surface area (Å²) in [5, 5.41) is 2.55. The first kappa shape index (κ1) is 25.1. The number of halogens is 1. The fourth-order valence-electron chi connectivity index (χ4n) is 2.52. The van der Waals surface area contributed by atoms with Crippen molar-refractivity contribution in [2.45, 2.75) is 38.5 Å². The molecule has 0 heterocycles. The lowest BCUT2D eigenvalue weighted by Gasteiger charge is -2.17. The first-order chi connectivity index (χ1) is 14.1. The smallest absolute Gasteiger partial charge is 0.329 e. The van der Waals surface area contributed by atoms with Gasteiger partial charge >= 0.3 is 11.9 Å². The lowest BCUT2D eigenvalue weighted by Crippen LogP contribution is -2.43. The van der Waals surface area contributed by atoms with Crippen LogP contribution in [-0.4, -0.2) is 30.4 Å². The molecule has 7 nitrogen and oxygen atoms in total. The Morgan fingerprint density at radius 3 is 1.93 bits per heavy atom. The van der Waals surface area contributed by atoms with Crippen molar-refractivity contribution in [3.63, 3.8) is 0 Å². The second kappa shape index (κ2) is 14.1. The summed E-state index contributed by atoms with van der Waals surface area (Å²) in [5.74, 6) is -1.66. The molecular formula is C22H27ClN2O5. The van der Waals surface area contributed by atoms with Crippen molar-refractivity contribution in [3.8, 4) is 0 Å². The van der Waals surface area contributed by atoms with E-state index in [4.69, 9.17) is 15.2 Å². The van der Waals surface area contributed by atoms with Gasteiger partial charge in [-0.2, -0.15) is 0 Å². The number of carbonyl (C=O) groups excluding carboxylic acids is 3. The lowest BCUT2D eigenvalue weighted by molar-refractivity contribution is -0.155. The molecule has 30 heavy (non-hydrogen) atoms. The van der Waals surface area contributed by atoms with Gasteiger partial charge in [-0.15, -0.1) is 12.4 Å². The van der Waals surface area contributed by atoms with E-state index in [2.05, 4.69) is 5.32 Å². The van der Waals surface area contributed by atoms with Gasteiger partial charge in [0.15, 0.2) is 0 Å². The van der Waals surface area contributed by atoms with Crippen molar-refractivity contribution in [1.29, 1.82) is 0 Å². The maximum absolute atomic E-state index is 12.5. The number of carbonyl (C=O) groups is 3. The molecule has 0 radical (unpaired) electrons. The van der Waals surface area contributed by atoms with Gasteiger partial charge in [0.25, 0.3) is 0 Å². The Bertz CT molecular complexity index is 787. The number of ether oxygens (including phenoxy) is 2. The van der Waals surface area contributed by atoms with E-state index in [1.54, 1.807) is 0 Å². The molecule has 2 aromatic rings. The Labute approximate surface area is 182 Å². The first-order valence-corrected chi connectivity index (χ1v) is 9.48. The number of nitrogens with two attached hydrogens (primary N) is 1. The van der Waals surface area contributed by atoms with E-state index in [1.807, 2.05) is 60.7 Å². The molecule has 2 rings (SSSR count). The predicted octanol–water partition coefficient (Wildman–Crippen LogP) is 2.51. The van der Waals surface area contributed by atoms with Crippen molar-refractivity contribution < 1.29 is 23.9 Å². The molecule has 0 aliphatic heterocycles. The molecule has 0 aromatic heterocycles. The zero-order chi connectivity index (χ0) is 20.9. The summed E-state index contributed by atoms with van der Waals surface area (Å²) in [7, 11) is 0. The summed E-state index contributed by atoms with van der Waals surface area (Å²) in [6, 6.07) is 17.2. The highest BCUT2D eigenvalue weighted by Crippen LogP contribution is 2.07. The lowest BCUT2D eigenvalue weighted by atomic mass is 10.2. The van der Waals surface area contributed by atoms with E-state index < -0.39 is 18.0 Å². The highest BCUT2D eigenvalue weighted by atomic mass is 35.5. The third kappa shape index (κ3) is 9.54. The van der Waals surface area contributed by atoms with Crippen molar-refractivity contribution in [1.82, 2.24) is 5.32 Å². The molecule has 8 heteroatoms. The minimum absolute atomic E-state index is 0. The second-order valence-corrected chi connectivity index (χ2v) is 6.46. The van der Waals surface area contributed by atoms with E-state index >= 15 is 0 Å². The number of benzene rings is 2. The summed E-state index contributed by atoms with van der Waals surface area (Å²) >= 11 is 0. The Morgan fingerprint density at radius 2 is 1.40 bits per heavy atom. The molecule has 2 aromatic carbocycles. The minimum Gasteiger partial charge on any atom is -0.461 e. The number of hydrogen-bond acceptors (Lipinski definition) is 6. The van der Waals surface area contributed by atoms with Gasteiger partial charge in [-0.05, 0) is 24.1 Å². The molecular weight excluding hydrogens is 408 g/mol. The van der Waals surface area contributed by atoms with Gasteiger partial charge in [0.05, 0.1) is 6.42 Å². The quantitative estimate of drug-likeness (QED) is 0.526. The highest BCUT2D eigenvalue weighted by Gasteiger charge is 2.26. The third-order valence-electron chi connectivity index (χ3n) is 4.07. The number of hydrogen-bond donors (Lipinski definition) is 2. The summed E-state index contributed by atoms with van der Waals surface area (Å²) in [4.78, 5) is 36.7. The van der Waals surface area contributed by atoms with Crippen LogP contribution in [0.5, 0.6) is 0 Å². The molecule has 0 spiro atoms. The molecule has 1 amide bonds. The molecule has 0 aliphatic rings. The van der Waals surface area contributed by atoms with Crippen LogP contribution in [0.25, 0.3) is 0 Å². The van der Waals surface area contributed by atoms with E-state index in [0.717, 1.165) is 11.1 Å². The summed E-state index contributed by atoms with van der Waals surface area (Å²) in [6.07, 6.45) is 0.336. The Balaban J connectivity index is 0.00000450. The molecule has 0 saturated carbocycles. The van der Waals surface area contributed by atoms with Crippen LogP contribution in [-0.2, 0) is 37.1 Å². The van der Waals surface area contributed by atoms with E-state index in [0.29, 0.717) is 13.0 Å². The van der Waals surface area contributed by atoms with Crippen molar-refractivity contribution in [2.75, 3.05) is 6.54 Å². The van der Waals surface area contributed by atoms with Crippen molar-refractivity contribution >= 4 is 30.3 Å². The highest BCUT2D eigenvalue weighted by molar-refractivity contribution is 5.88. The normalized spacial score (nSPS) is 11.0. The SMILES string of the molecule is Cl.NCCCC(=O)N[C@@H](CC(=O)OCc1ccccc1)C(=O)OCc1ccccc1. The van der Waals surface area contributed by atoms with Crippen LogP contribution in [0, 0.1) is 0 Å². The van der Waals surface area contributed by atoms with Gasteiger partial charge in [-0.3, -0.25) is 9.59 Å². The fourth-order valence-corrected chi connectivity index (χ4v) is 2.52. The zero-order valence-corrected chi connectivity index (χ0v) is 17.4. The van der Waals surface area contributed by atoms with Gasteiger partial charge in [-0.1, -0.05) is 60.7 Å². The van der Waals surface area contributed by atoms with Crippen LogP contribution >= 0.6 is 12.4 Å². The number of amides is 1. The number of nitrogens with one attached hydrogen (secondary N) is 1. The summed E-state index contributed by atoms with van der Waals surface area (Å²) < 4.78 is 10.5. The third-order valence-corrected chi connectivity index (χ3v) is 4.07. The Kier molecular flexibility index (Phi) is 11.8. The molecule has 0 aliphatic carbocycles. The second-order valence-electron chi connectivity index (χ2n) is 6.46. The summed E-state index contributed by atoms with van der Waals surface area (Å²) in [5.41, 5.74) is 7.05. The Morgan fingerprint density at radius 1 is 0.867 bits per heavy atom. The van der Waals surface area contributed by atoms with Gasteiger partial charge in [0.2, 0.25) is 5.91 Å². The van der Waals surface area contributed by atoms with Crippen LogP contribution in [0.15, 0.2) is 60.7 Å². The minimum atomic E-state index is -1.12. The average Bonchev–Trinajstić information content (AvgIpc) is 2.75. The number of rotatable bonds is 11. The predicted molar refractivity (Wildman–Crippen MR) is 115 cm³/mol. The Hall–Kier alpha value is -2.90. The standard InChI is InChI=1S/C22H26N2O5.ClH/c23-13-7-12-20(25)24-19(22(27)29-16-18-10-5-2-6-11-18)14-21(26)28-15-17-8-3-1-4-9-17;/h1-6,8-11,19H,7,12-16,23H2,(H,24,25);1H/t19-;/m0./s1. The molecule has 3 N–H and O–H groups in total. The molecule has 0 unspecified atom stereocenters. The first-order valence-electron chi connectivity index (χ1n) is 9.48. The fraction of sp³-hybridized carbons (Fsp3) is 0.318. The molecule has 1 atom stereocenters. The topological polar surface area (TPSA) is 108 Å². The maximum atomic E-state index is 12.5. The van der Waals surface area contributed by atoms with Gasteiger partial charge in [-0.25, -0.2) is 4.79 Å². The van der Waals surface area contributed by atoms with Crippen LogP contribution in [0.3, 0.4) is 0 Å². The van der Waals surface area contributed by atoms with Gasteiger partial charge < -0.3 is 20.5 Å². The maximum Gasteiger partial charge on any atom is 0.329 e. The zero-order valence-electron chi connectivity index (χ0n) is 16.6. The molecule has 0 saturated heterocycles. The summed E-state index contributed by atoms with van der Waals surface area (Å²) in [6.45, 7) is 0.496. The van der Waals surface area contributed by atoms with E-state index in [-0.39, 0.29) is 44.4 Å². The van der Waals surface area contributed by atoms with E-state index in [1.165, 1.54) is 0 Å². The van der Waals surface area contributed by atoms with Crippen molar-refractivity contribution in [2.24, 2.45) is 5.73 Å². The van der Waals surface area contributed by atoms with Crippen LogP contribution in [0.2, 0.25) is 0 Å².